The van der Waals surface area contributed by atoms with E-state index in [1.807, 2.05) is 88.4 Å². The summed E-state index contributed by atoms with van der Waals surface area (Å²) in [5, 5.41) is 17.7. The Morgan fingerprint density at radius 3 is 2.33 bits per heavy atom. The molecule has 13 heteroatoms. The topological polar surface area (TPSA) is 171 Å². The number of nitrogens with one attached hydrogen (secondary N) is 2. The molecule has 0 radical (unpaired) electrons. The van der Waals surface area contributed by atoms with E-state index in [1.165, 1.54) is 0 Å². The molecule has 8 rings (SSSR count). The first-order valence-corrected chi connectivity index (χ1v) is 21.0. The van der Waals surface area contributed by atoms with Gasteiger partial charge in [0.25, 0.3) is 12.0 Å². The maximum Gasteiger partial charge on any atom is 0.407 e. The first kappa shape index (κ1) is 44.1. The van der Waals surface area contributed by atoms with Crippen molar-refractivity contribution in [1.82, 2.24) is 25.2 Å². The average Bonchev–Trinajstić information content (AvgIpc) is 3.83. The Labute approximate surface area is 355 Å². The van der Waals surface area contributed by atoms with Crippen LogP contribution in [0.4, 0.5) is 4.79 Å². The molecule has 0 saturated heterocycles. The molecular weight excluding hydrogens is 775 g/mol. The summed E-state index contributed by atoms with van der Waals surface area (Å²) in [5.74, 6) is -0.481. The number of fused-ring (bicyclic) bond motifs is 9. The van der Waals surface area contributed by atoms with E-state index in [0.717, 1.165) is 61.6 Å². The van der Waals surface area contributed by atoms with E-state index in [9.17, 15) is 24.3 Å². The number of benzene rings is 3. The number of nitrogens with zero attached hydrogens (tertiary/aromatic N) is 3. The molecule has 3 N–H and O–H groups in total. The number of aliphatic hydroxyl groups is 1. The van der Waals surface area contributed by atoms with Gasteiger partial charge in [-0.15, -0.1) is 0 Å². The number of alkyl carbamates (subject to hydrolysis) is 1. The fourth-order valence-corrected chi connectivity index (χ4v) is 8.12. The first-order chi connectivity index (χ1) is 29.8. The minimum atomic E-state index is -0.963. The van der Waals surface area contributed by atoms with Crippen molar-refractivity contribution < 1.29 is 33.7 Å². The van der Waals surface area contributed by atoms with E-state index in [-0.39, 0.29) is 56.5 Å². The van der Waals surface area contributed by atoms with Crippen LogP contribution in [0.5, 0.6) is 0 Å². The summed E-state index contributed by atoms with van der Waals surface area (Å²) in [6, 6.07) is 25.7. The van der Waals surface area contributed by atoms with Gasteiger partial charge < -0.3 is 34.5 Å². The first-order valence-electron chi connectivity index (χ1n) is 21.0. The minimum absolute atomic E-state index is 0.0188. The van der Waals surface area contributed by atoms with Crippen LogP contribution in [-0.4, -0.2) is 64.6 Å². The Morgan fingerprint density at radius 2 is 1.62 bits per heavy atom. The summed E-state index contributed by atoms with van der Waals surface area (Å²) >= 11 is 0. The number of unbranched alkanes of at least 4 members (excludes halogenated alkanes) is 1. The van der Waals surface area contributed by atoms with Crippen molar-refractivity contribution in [2.24, 2.45) is 0 Å². The molecule has 3 aromatic carbocycles. The molecule has 0 saturated carbocycles. The average molecular weight is 828 g/mol. The zero-order valence-electron chi connectivity index (χ0n) is 35.3. The van der Waals surface area contributed by atoms with Crippen molar-refractivity contribution in [3.8, 4) is 22.5 Å². The van der Waals surface area contributed by atoms with Crippen molar-refractivity contribution in [3.05, 3.63) is 129 Å². The number of amides is 2. The lowest BCUT2D eigenvalue weighted by atomic mass is 9.93. The molecule has 0 bridgehead atoms. The highest BCUT2D eigenvalue weighted by atomic mass is 16.5. The van der Waals surface area contributed by atoms with Gasteiger partial charge in [-0.25, -0.2) is 9.78 Å². The Bertz CT molecular complexity index is 2540. The maximum atomic E-state index is 13.8. The quantitative estimate of drug-likeness (QED) is 0.0403. The van der Waals surface area contributed by atoms with Crippen LogP contribution < -0.4 is 16.2 Å². The Balaban J connectivity index is 0.00000151. The Hall–Kier alpha value is -6.44. The second-order valence-electron chi connectivity index (χ2n) is 14.2. The van der Waals surface area contributed by atoms with Gasteiger partial charge in [0.15, 0.2) is 0 Å². The molecule has 1 unspecified atom stereocenters. The van der Waals surface area contributed by atoms with E-state index in [1.54, 1.807) is 23.8 Å². The predicted octanol–water partition coefficient (Wildman–Crippen LogP) is 7.70. The third kappa shape index (κ3) is 9.33. The number of carbonyl (C=O) groups is 3. The van der Waals surface area contributed by atoms with Crippen LogP contribution >= 0.6 is 0 Å². The molecule has 2 aliphatic rings. The number of carbonyl (C=O) groups excluding carboxylic acids is 3. The summed E-state index contributed by atoms with van der Waals surface area (Å²) in [5.41, 5.74) is 9.61. The van der Waals surface area contributed by atoms with Crippen LogP contribution in [0.1, 0.15) is 92.9 Å². The van der Waals surface area contributed by atoms with Crippen LogP contribution in [0.25, 0.3) is 44.3 Å². The molecule has 1 atom stereocenters. The lowest BCUT2D eigenvalue weighted by molar-refractivity contribution is -0.130. The highest BCUT2D eigenvalue weighted by Gasteiger charge is 2.31. The van der Waals surface area contributed by atoms with Gasteiger partial charge in [-0.05, 0) is 83.8 Å². The van der Waals surface area contributed by atoms with Gasteiger partial charge in [-0.3, -0.25) is 19.4 Å². The normalized spacial score (nSPS) is 12.4. The van der Waals surface area contributed by atoms with Gasteiger partial charge in [0.05, 0.1) is 40.6 Å². The SMILES string of the molecule is CC.CC.CC(O)c1cc2n(c(=O)c1COC=O)Cc1c-2nc2ccc3ncccc3c2c1CCCCOCNC(=O)CNC(=O)OCC1c2ccccc2-c2ccccc21. The Morgan fingerprint density at radius 1 is 0.918 bits per heavy atom. The van der Waals surface area contributed by atoms with Gasteiger partial charge in [0, 0.05) is 35.1 Å². The van der Waals surface area contributed by atoms with Gasteiger partial charge in [-0.1, -0.05) is 82.3 Å². The number of pyridine rings is 3. The molecule has 6 aromatic rings. The largest absolute Gasteiger partial charge is 0.463 e. The summed E-state index contributed by atoms with van der Waals surface area (Å²) in [4.78, 5) is 59.3. The molecule has 3 aromatic heterocycles. The summed E-state index contributed by atoms with van der Waals surface area (Å²) in [6.07, 6.45) is 2.19. The van der Waals surface area contributed by atoms with Gasteiger partial charge in [0.2, 0.25) is 5.91 Å². The van der Waals surface area contributed by atoms with Crippen LogP contribution in [0.2, 0.25) is 0 Å². The molecule has 2 amide bonds. The van der Waals surface area contributed by atoms with Gasteiger partial charge >= 0.3 is 6.09 Å². The predicted molar refractivity (Wildman–Crippen MR) is 235 cm³/mol. The molecule has 0 spiro atoms. The van der Waals surface area contributed by atoms with Crippen LogP contribution in [-0.2, 0) is 43.4 Å². The molecule has 4 heterocycles. The lowest BCUT2D eigenvalue weighted by Crippen LogP contribution is -2.38. The molecule has 0 fully saturated rings. The fourth-order valence-electron chi connectivity index (χ4n) is 8.12. The second-order valence-corrected chi connectivity index (χ2v) is 14.2. The molecule has 1 aliphatic heterocycles. The number of rotatable bonds is 15. The van der Waals surface area contributed by atoms with E-state index in [0.29, 0.717) is 36.4 Å². The molecule has 13 nitrogen and oxygen atoms in total. The summed E-state index contributed by atoms with van der Waals surface area (Å²) < 4.78 is 17.8. The molecule has 318 valence electrons. The van der Waals surface area contributed by atoms with Crippen molar-refractivity contribution in [3.63, 3.8) is 0 Å². The van der Waals surface area contributed by atoms with Crippen LogP contribution in [0, 0.1) is 0 Å². The van der Waals surface area contributed by atoms with E-state index in [4.69, 9.17) is 19.2 Å². The van der Waals surface area contributed by atoms with E-state index in [2.05, 4.69) is 27.8 Å². The van der Waals surface area contributed by atoms with Crippen molar-refractivity contribution in [2.45, 2.75) is 79.1 Å². The monoisotopic (exact) mass is 827 g/mol. The number of hydrogen-bond donors (Lipinski definition) is 3. The minimum Gasteiger partial charge on any atom is -0.463 e. The van der Waals surface area contributed by atoms with Crippen molar-refractivity contribution in [1.29, 1.82) is 0 Å². The van der Waals surface area contributed by atoms with Crippen molar-refractivity contribution >= 4 is 40.3 Å². The highest BCUT2D eigenvalue weighted by molar-refractivity contribution is 6.08. The fraction of sp³-hybridized carbons (Fsp3) is 0.333. The summed E-state index contributed by atoms with van der Waals surface area (Å²) in [6.45, 7) is 10.2. The number of ether oxygens (including phenoxy) is 3. The standard InChI is InChI=1S/C44H41N5O8.2C2H6/c1-26(51)33-19-39-42-34(21-49(39)43(53)36(33)22-56-25-50)31(41-32-14-8-17-45-37(32)15-16-38(41)48-42)13-6-7-18-55-24-47-40(52)20-46-44(54)57-23-35-29-11-4-2-9-27(29)28-10-3-5-12-30(28)35;2*1-2/h2-5,8-12,14-17,19,25-26,35,51H,6-7,13,18,20-24H2,1H3,(H,46,54)(H,47,52);2*1-2H3. The van der Waals surface area contributed by atoms with E-state index >= 15 is 0 Å². The highest BCUT2D eigenvalue weighted by Crippen LogP contribution is 2.44. The zero-order valence-corrected chi connectivity index (χ0v) is 35.3. The number of aliphatic hydroxyl groups excluding tert-OH is 1. The number of aromatic nitrogens is 3. The maximum absolute atomic E-state index is 13.8. The van der Waals surface area contributed by atoms with Gasteiger partial charge in [0.1, 0.15) is 26.5 Å². The van der Waals surface area contributed by atoms with Crippen molar-refractivity contribution in [2.75, 3.05) is 26.5 Å². The third-order valence-corrected chi connectivity index (χ3v) is 10.8. The molecule has 61 heavy (non-hydrogen) atoms. The number of hydrogen-bond acceptors (Lipinski definition) is 10. The summed E-state index contributed by atoms with van der Waals surface area (Å²) in [7, 11) is 0. The Kier molecular flexibility index (Phi) is 15.0. The third-order valence-electron chi connectivity index (χ3n) is 10.8. The van der Waals surface area contributed by atoms with Crippen LogP contribution in [0.15, 0.2) is 89.9 Å². The van der Waals surface area contributed by atoms with E-state index < -0.39 is 18.1 Å². The lowest BCUT2D eigenvalue weighted by Gasteiger charge is -2.15. The van der Waals surface area contributed by atoms with Gasteiger partial charge in [-0.2, -0.15) is 0 Å². The zero-order chi connectivity index (χ0) is 43.5. The molecular formula is C48H53N5O8. The smallest absolute Gasteiger partial charge is 0.407 e. The molecule has 1 aliphatic carbocycles. The second kappa shape index (κ2) is 20.7. The number of aryl methyl sites for hydroxylation is 1. The van der Waals surface area contributed by atoms with Crippen LogP contribution in [0.3, 0.4) is 0 Å².